The summed E-state index contributed by atoms with van der Waals surface area (Å²) in [5.74, 6) is -0.295. The van der Waals surface area contributed by atoms with Gasteiger partial charge >= 0.3 is 0 Å². The lowest BCUT2D eigenvalue weighted by Gasteiger charge is -1.82. The van der Waals surface area contributed by atoms with E-state index in [1.54, 1.807) is 6.08 Å². The third kappa shape index (κ3) is 12.3. The molecular weight excluding hydrogens is 143 g/mol. The van der Waals surface area contributed by atoms with E-state index in [2.05, 4.69) is 6.58 Å². The molecule has 0 saturated heterocycles. The molecule has 11 heavy (non-hydrogen) atoms. The van der Waals surface area contributed by atoms with Crippen molar-refractivity contribution in [3.05, 3.63) is 36.2 Å². The molecule has 0 aliphatic rings. The molecule has 0 aromatic heterocycles. The zero-order valence-corrected chi connectivity index (χ0v) is 7.26. The van der Waals surface area contributed by atoms with Crippen molar-refractivity contribution < 1.29 is 9.50 Å². The lowest BCUT2D eigenvalue weighted by atomic mass is 10.3. The van der Waals surface area contributed by atoms with E-state index in [1.165, 1.54) is 12.2 Å². The topological polar surface area (TPSA) is 20.2 Å². The van der Waals surface area contributed by atoms with Crippen LogP contribution in [0.2, 0.25) is 0 Å². The number of hydrogen-bond acceptors (Lipinski definition) is 1. The predicted octanol–water partition coefficient (Wildman–Crippen LogP) is 2.60. The van der Waals surface area contributed by atoms with E-state index in [4.69, 9.17) is 5.11 Å². The van der Waals surface area contributed by atoms with Crippen LogP contribution in [0.25, 0.3) is 0 Å². The molecule has 0 atom stereocenters. The summed E-state index contributed by atoms with van der Waals surface area (Å²) < 4.78 is 12.2. The van der Waals surface area contributed by atoms with Crippen LogP contribution in [0.4, 0.5) is 4.39 Å². The fourth-order valence-electron chi connectivity index (χ4n) is 0.314. The summed E-state index contributed by atoms with van der Waals surface area (Å²) >= 11 is 0. The molecular formula is C9H15FO. The van der Waals surface area contributed by atoms with E-state index in [0.29, 0.717) is 0 Å². The number of hydrogen-bond donors (Lipinski definition) is 1. The molecule has 0 aliphatic carbocycles. The maximum Gasteiger partial charge on any atom is 0.122 e. The Morgan fingerprint density at radius 1 is 1.27 bits per heavy atom. The molecule has 2 heteroatoms. The van der Waals surface area contributed by atoms with E-state index < -0.39 is 0 Å². The summed E-state index contributed by atoms with van der Waals surface area (Å²) in [5.41, 5.74) is 1.08. The van der Waals surface area contributed by atoms with Crippen LogP contribution in [-0.2, 0) is 0 Å². The standard InChI is InChI=1S/C8H11F.CH4O/c1-4-8(9)6-5-7(2)3;1-2/h4-6H,1H2,2-3H3;2H,1H3/b8-6+;. The van der Waals surface area contributed by atoms with Crippen molar-refractivity contribution >= 4 is 0 Å². The van der Waals surface area contributed by atoms with Gasteiger partial charge < -0.3 is 5.11 Å². The first-order valence-corrected chi connectivity index (χ1v) is 3.24. The Labute approximate surface area is 67.6 Å². The number of rotatable bonds is 2. The molecule has 1 N–H and O–H groups in total. The van der Waals surface area contributed by atoms with Crippen LogP contribution >= 0.6 is 0 Å². The normalized spacial score (nSPS) is 9.36. The fourth-order valence-corrected chi connectivity index (χ4v) is 0.314. The van der Waals surface area contributed by atoms with Crippen LogP contribution in [0.5, 0.6) is 0 Å². The van der Waals surface area contributed by atoms with Crippen LogP contribution in [0.15, 0.2) is 36.2 Å². The molecule has 0 heterocycles. The van der Waals surface area contributed by atoms with Gasteiger partial charge in [-0.3, -0.25) is 0 Å². The molecule has 0 rings (SSSR count). The zero-order valence-electron chi connectivity index (χ0n) is 7.26. The van der Waals surface area contributed by atoms with Crippen molar-refractivity contribution in [1.82, 2.24) is 0 Å². The Morgan fingerprint density at radius 3 is 2.00 bits per heavy atom. The second-order valence-corrected chi connectivity index (χ2v) is 2.00. The third-order valence-corrected chi connectivity index (χ3v) is 0.771. The molecule has 0 saturated carbocycles. The van der Waals surface area contributed by atoms with Crippen molar-refractivity contribution in [3.8, 4) is 0 Å². The summed E-state index contributed by atoms with van der Waals surface area (Å²) in [6.45, 7) is 7.09. The molecule has 0 aromatic rings. The maximum atomic E-state index is 12.2. The van der Waals surface area contributed by atoms with E-state index in [9.17, 15) is 4.39 Å². The van der Waals surface area contributed by atoms with Crippen LogP contribution < -0.4 is 0 Å². The first-order valence-electron chi connectivity index (χ1n) is 3.24. The monoisotopic (exact) mass is 158 g/mol. The Kier molecular flexibility index (Phi) is 10.6. The van der Waals surface area contributed by atoms with Crippen molar-refractivity contribution in [3.63, 3.8) is 0 Å². The van der Waals surface area contributed by atoms with Crippen molar-refractivity contribution in [2.45, 2.75) is 13.8 Å². The van der Waals surface area contributed by atoms with Gasteiger partial charge in [0.05, 0.1) is 0 Å². The number of halogens is 1. The fraction of sp³-hybridized carbons (Fsp3) is 0.333. The summed E-state index contributed by atoms with van der Waals surface area (Å²) in [6.07, 6.45) is 4.28. The second kappa shape index (κ2) is 9.11. The lowest BCUT2D eigenvalue weighted by molar-refractivity contribution is 0.399. The van der Waals surface area contributed by atoms with E-state index in [0.717, 1.165) is 12.7 Å². The van der Waals surface area contributed by atoms with Gasteiger partial charge in [0.15, 0.2) is 0 Å². The largest absolute Gasteiger partial charge is 0.400 e. The van der Waals surface area contributed by atoms with Gasteiger partial charge in [0, 0.05) is 7.11 Å². The first-order chi connectivity index (χ1) is 5.16. The summed E-state index contributed by atoms with van der Waals surface area (Å²) in [6, 6.07) is 0. The van der Waals surface area contributed by atoms with Gasteiger partial charge in [-0.05, 0) is 26.0 Å². The van der Waals surface area contributed by atoms with E-state index in [1.807, 2.05) is 13.8 Å². The molecule has 0 radical (unpaired) electrons. The van der Waals surface area contributed by atoms with Gasteiger partial charge in [-0.25, -0.2) is 4.39 Å². The van der Waals surface area contributed by atoms with Crippen molar-refractivity contribution in [2.75, 3.05) is 7.11 Å². The molecule has 64 valence electrons. The second-order valence-electron chi connectivity index (χ2n) is 2.00. The highest BCUT2D eigenvalue weighted by Gasteiger charge is 1.79. The molecule has 0 aliphatic heterocycles. The number of aliphatic hydroxyl groups is 1. The quantitative estimate of drug-likeness (QED) is 0.612. The Balaban J connectivity index is 0. The van der Waals surface area contributed by atoms with Crippen LogP contribution in [0, 0.1) is 0 Å². The SMILES string of the molecule is C=C/C(F)=C\C=C(C)C.CO. The van der Waals surface area contributed by atoms with Gasteiger partial charge in [0.2, 0.25) is 0 Å². The summed E-state index contributed by atoms with van der Waals surface area (Å²) in [7, 11) is 1.00. The lowest BCUT2D eigenvalue weighted by Crippen LogP contribution is -1.63. The van der Waals surface area contributed by atoms with Crippen LogP contribution in [0.1, 0.15) is 13.8 Å². The molecule has 0 bridgehead atoms. The highest BCUT2D eigenvalue weighted by Crippen LogP contribution is 1.98. The Bertz CT molecular complexity index is 153. The van der Waals surface area contributed by atoms with Crippen LogP contribution in [0.3, 0.4) is 0 Å². The molecule has 0 unspecified atom stereocenters. The Morgan fingerprint density at radius 2 is 1.73 bits per heavy atom. The average molecular weight is 158 g/mol. The van der Waals surface area contributed by atoms with E-state index >= 15 is 0 Å². The summed E-state index contributed by atoms with van der Waals surface area (Å²) in [4.78, 5) is 0. The van der Waals surface area contributed by atoms with Gasteiger partial charge in [-0.2, -0.15) is 0 Å². The van der Waals surface area contributed by atoms with Crippen molar-refractivity contribution in [1.29, 1.82) is 0 Å². The van der Waals surface area contributed by atoms with Crippen molar-refractivity contribution in [2.24, 2.45) is 0 Å². The molecule has 0 spiro atoms. The third-order valence-electron chi connectivity index (χ3n) is 0.771. The predicted molar refractivity (Wildman–Crippen MR) is 47.0 cm³/mol. The molecule has 0 amide bonds. The summed E-state index contributed by atoms with van der Waals surface area (Å²) in [5, 5.41) is 7.00. The highest BCUT2D eigenvalue weighted by atomic mass is 19.1. The molecule has 0 fully saturated rings. The molecule has 1 nitrogen and oxygen atoms in total. The minimum atomic E-state index is -0.295. The van der Waals surface area contributed by atoms with Crippen LogP contribution in [-0.4, -0.2) is 12.2 Å². The zero-order chi connectivity index (χ0) is 9.28. The smallest absolute Gasteiger partial charge is 0.122 e. The van der Waals surface area contributed by atoms with Gasteiger partial charge in [0.25, 0.3) is 0 Å². The van der Waals surface area contributed by atoms with Gasteiger partial charge in [-0.1, -0.05) is 18.2 Å². The highest BCUT2D eigenvalue weighted by molar-refractivity contribution is 5.17. The Hall–Kier alpha value is -0.890. The minimum Gasteiger partial charge on any atom is -0.400 e. The number of allylic oxidation sites excluding steroid dienone is 5. The number of aliphatic hydroxyl groups excluding tert-OH is 1. The maximum absolute atomic E-state index is 12.2. The molecule has 0 aromatic carbocycles. The van der Waals surface area contributed by atoms with E-state index in [-0.39, 0.29) is 5.83 Å². The average Bonchev–Trinajstić information content (AvgIpc) is 2.04. The first kappa shape index (κ1) is 12.8. The van der Waals surface area contributed by atoms with Gasteiger partial charge in [-0.15, -0.1) is 0 Å². The van der Waals surface area contributed by atoms with Gasteiger partial charge in [0.1, 0.15) is 5.83 Å². The minimum absolute atomic E-state index is 0.295.